The SMILES string of the molecule is NC(=O)c1cnc([As])c(OCC2CN(C(=O)Cc3ccc(OC(F)(F)F)cc3)CC2(F)F)c1. The van der Waals surface area contributed by atoms with E-state index in [9.17, 15) is 31.5 Å². The Morgan fingerprint density at radius 3 is 2.52 bits per heavy atom. The van der Waals surface area contributed by atoms with E-state index in [1.54, 1.807) is 0 Å². The van der Waals surface area contributed by atoms with Gasteiger partial charge in [0.25, 0.3) is 0 Å². The minimum atomic E-state index is -4.84. The van der Waals surface area contributed by atoms with Crippen LogP contribution in [0, 0.1) is 5.92 Å². The van der Waals surface area contributed by atoms with Crippen LogP contribution in [0.25, 0.3) is 0 Å². The average Bonchev–Trinajstić information content (AvgIpc) is 3.02. The minimum absolute atomic E-state index is 0.0569. The molecule has 1 atom stereocenters. The van der Waals surface area contributed by atoms with E-state index in [1.807, 2.05) is 0 Å². The molecule has 0 saturated carbocycles. The van der Waals surface area contributed by atoms with Crippen LogP contribution in [0.15, 0.2) is 36.5 Å². The van der Waals surface area contributed by atoms with Crippen LogP contribution in [0.1, 0.15) is 15.9 Å². The molecule has 0 spiro atoms. The second-order valence-corrected chi connectivity index (χ2v) is 8.21. The van der Waals surface area contributed by atoms with Gasteiger partial charge >= 0.3 is 170 Å². The summed E-state index contributed by atoms with van der Waals surface area (Å²) in [7, 11) is 0. The molecule has 1 fully saturated rings. The number of rotatable bonds is 7. The van der Waals surface area contributed by atoms with E-state index in [-0.39, 0.29) is 24.3 Å². The third-order valence-corrected chi connectivity index (χ3v) is 5.57. The number of alkyl halides is 5. The number of nitrogens with two attached hydrogens (primary N) is 1. The summed E-state index contributed by atoms with van der Waals surface area (Å²) < 4.78 is 75.2. The van der Waals surface area contributed by atoms with Gasteiger partial charge in [-0.15, -0.1) is 13.2 Å². The first kappa shape index (κ1) is 24.8. The first-order valence-electron chi connectivity index (χ1n) is 9.46. The molecule has 1 aromatic carbocycles. The molecule has 1 aliphatic rings. The fourth-order valence-electron chi connectivity index (χ4n) is 3.18. The Balaban J connectivity index is 1.60. The zero-order chi connectivity index (χ0) is 24.4. The van der Waals surface area contributed by atoms with Crippen LogP contribution in [-0.2, 0) is 11.2 Å². The molecule has 2 amide bonds. The van der Waals surface area contributed by atoms with Crippen molar-refractivity contribution in [2.24, 2.45) is 11.7 Å². The summed E-state index contributed by atoms with van der Waals surface area (Å²) in [6.45, 7) is -1.53. The van der Waals surface area contributed by atoms with Crippen LogP contribution in [0.5, 0.6) is 11.5 Å². The fraction of sp³-hybridized carbons (Fsp3) is 0.350. The van der Waals surface area contributed by atoms with Gasteiger partial charge in [0.05, 0.1) is 0 Å². The van der Waals surface area contributed by atoms with Crippen LogP contribution >= 0.6 is 0 Å². The van der Waals surface area contributed by atoms with Gasteiger partial charge in [0.1, 0.15) is 5.75 Å². The number of amides is 2. The summed E-state index contributed by atoms with van der Waals surface area (Å²) in [5, 5.41) is 0. The number of primary amides is 1. The van der Waals surface area contributed by atoms with Crippen molar-refractivity contribution in [3.8, 4) is 11.5 Å². The number of likely N-dealkylation sites (tertiary alicyclic amines) is 1. The van der Waals surface area contributed by atoms with Crippen molar-refractivity contribution in [1.82, 2.24) is 9.88 Å². The van der Waals surface area contributed by atoms with Gasteiger partial charge in [-0.25, -0.2) is 0 Å². The van der Waals surface area contributed by atoms with E-state index in [0.29, 0.717) is 10.0 Å². The molecule has 176 valence electrons. The summed E-state index contributed by atoms with van der Waals surface area (Å²) in [6, 6.07) is 5.90. The molecule has 2 radical (unpaired) electrons. The summed E-state index contributed by atoms with van der Waals surface area (Å²) in [6.07, 6.45) is -3.88. The van der Waals surface area contributed by atoms with Gasteiger partial charge in [-0.2, -0.15) is 0 Å². The van der Waals surface area contributed by atoms with Crippen molar-refractivity contribution < 1.29 is 41.0 Å². The van der Waals surface area contributed by atoms with E-state index >= 15 is 0 Å². The molecule has 2 N–H and O–H groups in total. The van der Waals surface area contributed by atoms with Gasteiger partial charge in [0, 0.05) is 0 Å². The van der Waals surface area contributed by atoms with Gasteiger partial charge in [-0.1, -0.05) is 0 Å². The van der Waals surface area contributed by atoms with Gasteiger partial charge < -0.3 is 4.74 Å². The Morgan fingerprint density at radius 2 is 1.91 bits per heavy atom. The Labute approximate surface area is 193 Å². The number of hydrogen-bond donors (Lipinski definition) is 1. The zero-order valence-corrected chi connectivity index (χ0v) is 18.7. The third kappa shape index (κ3) is 6.56. The molecule has 7 nitrogen and oxygen atoms in total. The van der Waals surface area contributed by atoms with Gasteiger partial charge in [-0.05, 0) is 0 Å². The summed E-state index contributed by atoms with van der Waals surface area (Å²) in [5.41, 5.74) is 5.59. The third-order valence-electron chi connectivity index (χ3n) is 4.86. The van der Waals surface area contributed by atoms with Crippen LogP contribution in [0.2, 0.25) is 0 Å². The molecular weight excluding hydrogens is 516 g/mol. The number of nitrogens with zero attached hydrogens (tertiary/aromatic N) is 2. The number of hydrogen-bond acceptors (Lipinski definition) is 5. The summed E-state index contributed by atoms with van der Waals surface area (Å²) >= 11 is 2.08. The number of carbonyl (C=O) groups excluding carboxylic acids is 2. The Bertz CT molecular complexity index is 1030. The first-order chi connectivity index (χ1) is 15.3. The standard InChI is InChI=1S/C20H17AsF5N3O4/c21-17-15(6-12(7-28-17)18(27)31)32-9-13-8-29(10-19(13,22)23)16(30)5-11-1-3-14(4-2-11)33-20(24,25)26/h1-4,6-7,13H,5,8-10H2,(H2,27,31). The number of carbonyl (C=O) groups is 2. The Morgan fingerprint density at radius 1 is 1.24 bits per heavy atom. The molecule has 2 heterocycles. The van der Waals surface area contributed by atoms with Crippen molar-refractivity contribution in [3.05, 3.63) is 47.7 Å². The second kappa shape index (κ2) is 9.54. The van der Waals surface area contributed by atoms with Crippen LogP contribution < -0.4 is 19.7 Å². The average molecular weight is 533 g/mol. The van der Waals surface area contributed by atoms with E-state index in [4.69, 9.17) is 10.5 Å². The predicted molar refractivity (Wildman–Crippen MR) is 105 cm³/mol. The van der Waals surface area contributed by atoms with E-state index in [0.717, 1.165) is 17.0 Å². The van der Waals surface area contributed by atoms with Crippen molar-refractivity contribution in [2.45, 2.75) is 18.7 Å². The zero-order valence-electron chi connectivity index (χ0n) is 16.8. The number of aromatic nitrogens is 1. The first-order valence-corrected chi connectivity index (χ1v) is 10.4. The molecule has 3 rings (SSSR count). The van der Waals surface area contributed by atoms with Crippen LogP contribution in [0.4, 0.5) is 22.0 Å². The molecule has 1 saturated heterocycles. The molecular formula is C20H17AsF5N3O4. The molecule has 2 aromatic rings. The van der Waals surface area contributed by atoms with Crippen molar-refractivity contribution in [3.63, 3.8) is 0 Å². The van der Waals surface area contributed by atoms with Gasteiger partial charge in [0.15, 0.2) is 0 Å². The molecule has 33 heavy (non-hydrogen) atoms. The van der Waals surface area contributed by atoms with E-state index in [1.165, 1.54) is 24.4 Å². The molecule has 0 bridgehead atoms. The monoisotopic (exact) mass is 533 g/mol. The summed E-state index contributed by atoms with van der Waals surface area (Å²) in [4.78, 5) is 28.7. The maximum atomic E-state index is 14.5. The predicted octanol–water partition coefficient (Wildman–Crippen LogP) is 1.59. The van der Waals surface area contributed by atoms with E-state index < -0.39 is 48.9 Å². The maximum absolute atomic E-state index is 14.5. The van der Waals surface area contributed by atoms with Crippen molar-refractivity contribution >= 4 is 33.1 Å². The quantitative estimate of drug-likeness (QED) is 0.431. The Hall–Kier alpha value is -2.88. The van der Waals surface area contributed by atoms with Crippen LogP contribution in [-0.4, -0.2) is 70.5 Å². The van der Waals surface area contributed by atoms with Crippen molar-refractivity contribution in [1.29, 1.82) is 0 Å². The fourth-order valence-corrected chi connectivity index (χ4v) is 3.57. The normalized spacial score (nSPS) is 17.6. The van der Waals surface area contributed by atoms with Crippen LogP contribution in [0.3, 0.4) is 0 Å². The van der Waals surface area contributed by atoms with Crippen molar-refractivity contribution in [2.75, 3.05) is 19.7 Å². The number of pyridine rings is 1. The molecule has 1 aliphatic heterocycles. The molecule has 0 aliphatic carbocycles. The second-order valence-electron chi connectivity index (χ2n) is 7.32. The summed E-state index contributed by atoms with van der Waals surface area (Å²) in [5.74, 6) is -6.24. The van der Waals surface area contributed by atoms with E-state index in [2.05, 4.69) is 26.6 Å². The Kier molecular flexibility index (Phi) is 7.16. The number of benzene rings is 1. The molecule has 13 heteroatoms. The van der Waals surface area contributed by atoms with Gasteiger partial charge in [0.2, 0.25) is 0 Å². The number of halogens is 5. The number of ether oxygens (including phenoxy) is 2. The van der Waals surface area contributed by atoms with Gasteiger partial charge in [-0.3, -0.25) is 0 Å². The molecule has 1 unspecified atom stereocenters. The topological polar surface area (TPSA) is 94.8 Å². The molecule has 1 aromatic heterocycles.